The van der Waals surface area contributed by atoms with Gasteiger partial charge < -0.3 is 4.74 Å². The van der Waals surface area contributed by atoms with Crippen molar-refractivity contribution in [2.75, 3.05) is 7.11 Å². The summed E-state index contributed by atoms with van der Waals surface area (Å²) in [7, 11) is 1.73. The first kappa shape index (κ1) is 15.2. The van der Waals surface area contributed by atoms with Crippen LogP contribution in [0.2, 0.25) is 5.02 Å². The van der Waals surface area contributed by atoms with Gasteiger partial charge in [-0.25, -0.2) is 0 Å². The predicted molar refractivity (Wildman–Crippen MR) is 85.5 cm³/mol. The molecule has 0 heterocycles. The smallest absolute Gasteiger partial charge is 0.122 e. The van der Waals surface area contributed by atoms with E-state index < -0.39 is 0 Å². The van der Waals surface area contributed by atoms with Gasteiger partial charge >= 0.3 is 0 Å². The van der Waals surface area contributed by atoms with Crippen LogP contribution in [0.1, 0.15) is 38.2 Å². The molecular weight excluding hydrogens is 324 g/mol. The van der Waals surface area contributed by atoms with Crippen LogP contribution in [0.5, 0.6) is 5.75 Å². The fourth-order valence-corrected chi connectivity index (χ4v) is 3.96. The van der Waals surface area contributed by atoms with Crippen molar-refractivity contribution in [1.29, 1.82) is 0 Å². The molecule has 19 heavy (non-hydrogen) atoms. The summed E-state index contributed by atoms with van der Waals surface area (Å²) >= 11 is 9.98. The second-order valence-corrected chi connectivity index (χ2v) is 7.14. The SMILES string of the molecule is CCC1CCC(Br)C(Cc2cc(Cl)ccc2OC)C1. The second kappa shape index (κ2) is 6.99. The average Bonchev–Trinajstić information content (AvgIpc) is 2.41. The van der Waals surface area contributed by atoms with Gasteiger partial charge in [-0.05, 0) is 61.3 Å². The van der Waals surface area contributed by atoms with Gasteiger partial charge in [0, 0.05) is 9.85 Å². The van der Waals surface area contributed by atoms with Gasteiger partial charge in [-0.2, -0.15) is 0 Å². The Morgan fingerprint density at radius 3 is 2.84 bits per heavy atom. The fraction of sp³-hybridized carbons (Fsp3) is 0.625. The van der Waals surface area contributed by atoms with Crippen molar-refractivity contribution in [3.8, 4) is 5.75 Å². The Bertz CT molecular complexity index is 421. The molecule has 1 nitrogen and oxygen atoms in total. The van der Waals surface area contributed by atoms with Crippen LogP contribution in [-0.4, -0.2) is 11.9 Å². The lowest BCUT2D eigenvalue weighted by molar-refractivity contribution is 0.269. The zero-order valence-corrected chi connectivity index (χ0v) is 14.0. The molecule has 0 saturated heterocycles. The molecule has 0 spiro atoms. The van der Waals surface area contributed by atoms with Crippen LogP contribution >= 0.6 is 27.5 Å². The van der Waals surface area contributed by atoms with E-state index in [1.807, 2.05) is 12.1 Å². The van der Waals surface area contributed by atoms with E-state index in [0.29, 0.717) is 10.7 Å². The third-order valence-electron chi connectivity index (χ3n) is 4.30. The summed E-state index contributed by atoms with van der Waals surface area (Å²) in [5, 5.41) is 0.796. The van der Waals surface area contributed by atoms with Crippen LogP contribution in [0.3, 0.4) is 0 Å². The van der Waals surface area contributed by atoms with Crippen molar-refractivity contribution in [2.24, 2.45) is 11.8 Å². The first-order valence-electron chi connectivity index (χ1n) is 7.10. The number of ether oxygens (including phenoxy) is 1. The number of hydrogen-bond acceptors (Lipinski definition) is 1. The summed E-state index contributed by atoms with van der Waals surface area (Å²) in [5.74, 6) is 2.53. The highest BCUT2D eigenvalue weighted by atomic mass is 79.9. The highest BCUT2D eigenvalue weighted by molar-refractivity contribution is 9.09. The third kappa shape index (κ3) is 3.88. The van der Waals surface area contributed by atoms with Crippen LogP contribution < -0.4 is 4.74 Å². The van der Waals surface area contributed by atoms with Crippen LogP contribution in [0, 0.1) is 11.8 Å². The quantitative estimate of drug-likeness (QED) is 0.656. The summed E-state index contributed by atoms with van der Waals surface area (Å²) in [6, 6.07) is 5.92. The fourth-order valence-electron chi connectivity index (χ4n) is 3.10. The summed E-state index contributed by atoms with van der Waals surface area (Å²) in [6.07, 6.45) is 6.29. The van der Waals surface area contributed by atoms with Gasteiger partial charge in [-0.3, -0.25) is 0 Å². The molecule has 0 amide bonds. The first-order valence-corrected chi connectivity index (χ1v) is 8.39. The highest BCUT2D eigenvalue weighted by Crippen LogP contribution is 2.38. The number of methoxy groups -OCH3 is 1. The summed E-state index contributed by atoms with van der Waals surface area (Å²) in [5.41, 5.74) is 1.24. The molecule has 0 N–H and O–H groups in total. The maximum Gasteiger partial charge on any atom is 0.122 e. The number of hydrogen-bond donors (Lipinski definition) is 0. The maximum absolute atomic E-state index is 6.12. The monoisotopic (exact) mass is 344 g/mol. The van der Waals surface area contributed by atoms with Crippen molar-refractivity contribution >= 4 is 27.5 Å². The molecule has 1 aromatic carbocycles. The van der Waals surface area contributed by atoms with E-state index in [4.69, 9.17) is 16.3 Å². The molecule has 0 aromatic heterocycles. The number of halogens is 2. The number of rotatable bonds is 4. The minimum atomic E-state index is 0.624. The molecule has 0 aliphatic heterocycles. The molecule has 3 heteroatoms. The lowest BCUT2D eigenvalue weighted by Gasteiger charge is -2.33. The molecule has 0 bridgehead atoms. The van der Waals surface area contributed by atoms with E-state index in [0.717, 1.165) is 23.1 Å². The van der Waals surface area contributed by atoms with Crippen LogP contribution in [0.15, 0.2) is 18.2 Å². The lowest BCUT2D eigenvalue weighted by Crippen LogP contribution is -2.26. The second-order valence-electron chi connectivity index (χ2n) is 5.52. The maximum atomic E-state index is 6.12. The van der Waals surface area contributed by atoms with Gasteiger partial charge in [0.15, 0.2) is 0 Å². The Hall–Kier alpha value is -0.210. The van der Waals surface area contributed by atoms with Gasteiger partial charge in [0.25, 0.3) is 0 Å². The van der Waals surface area contributed by atoms with Crippen molar-refractivity contribution < 1.29 is 4.74 Å². The van der Waals surface area contributed by atoms with Crippen LogP contribution in [-0.2, 0) is 6.42 Å². The Labute approximate surface area is 129 Å². The molecule has 2 rings (SSSR count). The summed E-state index contributed by atoms with van der Waals surface area (Å²) in [4.78, 5) is 0.624. The molecular formula is C16H22BrClO. The van der Waals surface area contributed by atoms with Crippen molar-refractivity contribution in [2.45, 2.75) is 43.9 Å². The van der Waals surface area contributed by atoms with E-state index in [-0.39, 0.29) is 0 Å². The summed E-state index contributed by atoms with van der Waals surface area (Å²) < 4.78 is 5.46. The van der Waals surface area contributed by atoms with Crippen LogP contribution in [0.4, 0.5) is 0 Å². The molecule has 1 fully saturated rings. The van der Waals surface area contributed by atoms with E-state index in [9.17, 15) is 0 Å². The molecule has 0 radical (unpaired) electrons. The van der Waals surface area contributed by atoms with Crippen LogP contribution in [0.25, 0.3) is 0 Å². The standard InChI is InChI=1S/C16H22BrClO/c1-3-11-4-6-15(17)12(8-11)9-13-10-14(18)5-7-16(13)19-2/h5,7,10-12,15H,3-4,6,8-9H2,1-2H3. The molecule has 106 valence electrons. The molecule has 3 unspecified atom stereocenters. The van der Waals surface area contributed by atoms with E-state index in [2.05, 4.69) is 28.9 Å². The Kier molecular flexibility index (Phi) is 5.58. The van der Waals surface area contributed by atoms with E-state index >= 15 is 0 Å². The molecule has 1 aromatic rings. The van der Waals surface area contributed by atoms with Gasteiger partial charge in [0.05, 0.1) is 7.11 Å². The largest absolute Gasteiger partial charge is 0.496 e. The molecule has 1 aliphatic rings. The van der Waals surface area contributed by atoms with E-state index in [1.165, 1.54) is 31.2 Å². The minimum Gasteiger partial charge on any atom is -0.496 e. The average molecular weight is 346 g/mol. The zero-order valence-electron chi connectivity index (χ0n) is 11.7. The third-order valence-corrected chi connectivity index (χ3v) is 5.74. The first-order chi connectivity index (χ1) is 9.13. The minimum absolute atomic E-state index is 0.624. The Balaban J connectivity index is 2.12. The Morgan fingerprint density at radius 2 is 2.16 bits per heavy atom. The van der Waals surface area contributed by atoms with Gasteiger partial charge in [0.2, 0.25) is 0 Å². The van der Waals surface area contributed by atoms with Gasteiger partial charge in [-0.1, -0.05) is 40.9 Å². The highest BCUT2D eigenvalue weighted by Gasteiger charge is 2.28. The Morgan fingerprint density at radius 1 is 1.37 bits per heavy atom. The summed E-state index contributed by atoms with van der Waals surface area (Å²) in [6.45, 7) is 2.30. The zero-order chi connectivity index (χ0) is 13.8. The van der Waals surface area contributed by atoms with E-state index in [1.54, 1.807) is 7.11 Å². The molecule has 3 atom stereocenters. The lowest BCUT2D eigenvalue weighted by atomic mass is 9.77. The van der Waals surface area contributed by atoms with Gasteiger partial charge in [0.1, 0.15) is 5.75 Å². The predicted octanol–water partition coefficient (Wildman–Crippen LogP) is 5.48. The molecule has 1 aliphatic carbocycles. The topological polar surface area (TPSA) is 9.23 Å². The molecule has 1 saturated carbocycles. The van der Waals surface area contributed by atoms with Gasteiger partial charge in [-0.15, -0.1) is 0 Å². The number of alkyl halides is 1. The normalized spacial score (nSPS) is 27.3. The van der Waals surface area contributed by atoms with Crippen molar-refractivity contribution in [3.05, 3.63) is 28.8 Å². The van der Waals surface area contributed by atoms with Crippen molar-refractivity contribution in [3.63, 3.8) is 0 Å². The van der Waals surface area contributed by atoms with Crippen molar-refractivity contribution in [1.82, 2.24) is 0 Å². The number of benzene rings is 1.